The van der Waals surface area contributed by atoms with Gasteiger partial charge in [0.15, 0.2) is 0 Å². The van der Waals surface area contributed by atoms with E-state index in [2.05, 4.69) is 17.4 Å². The minimum Gasteiger partial charge on any atom is -0.399 e. The van der Waals surface area contributed by atoms with Gasteiger partial charge in [-0.1, -0.05) is 48.5 Å². The molecule has 1 aliphatic rings. The zero-order valence-corrected chi connectivity index (χ0v) is 13.9. The molecule has 0 heterocycles. The van der Waals surface area contributed by atoms with Crippen molar-refractivity contribution in [2.75, 3.05) is 5.73 Å². The monoisotopic (exact) mass is 330 g/mol. The molecule has 1 aliphatic carbocycles. The Balaban J connectivity index is 0.00000192. The van der Waals surface area contributed by atoms with Gasteiger partial charge < -0.3 is 11.1 Å². The Kier molecular flexibility index (Phi) is 5.67. The molecule has 0 aliphatic heterocycles. The molecule has 3 rings (SSSR count). The van der Waals surface area contributed by atoms with Crippen molar-refractivity contribution >= 4 is 24.0 Å². The minimum atomic E-state index is -0.152. The number of benzene rings is 2. The van der Waals surface area contributed by atoms with Crippen LogP contribution in [0, 0.1) is 0 Å². The molecule has 3 nitrogen and oxygen atoms in total. The van der Waals surface area contributed by atoms with Gasteiger partial charge in [-0.25, -0.2) is 0 Å². The van der Waals surface area contributed by atoms with Crippen molar-refractivity contribution < 1.29 is 4.79 Å². The predicted molar refractivity (Wildman–Crippen MR) is 96.5 cm³/mol. The molecule has 4 heteroatoms. The Morgan fingerprint density at radius 3 is 2.30 bits per heavy atom. The summed E-state index contributed by atoms with van der Waals surface area (Å²) in [6.07, 6.45) is 4.37. The standard InChI is InChI=1S/C19H22N2O.ClH/c20-17-10-5-4-7-15(17)11-12-18(22)21-19(13-6-14-19)16-8-2-1-3-9-16;/h1-5,7-10H,6,11-14,20H2,(H,21,22);1H. The Hall–Kier alpha value is -2.00. The van der Waals surface area contributed by atoms with Crippen molar-refractivity contribution in [1.82, 2.24) is 5.32 Å². The fraction of sp³-hybridized carbons (Fsp3) is 0.316. The first kappa shape index (κ1) is 17.4. The number of hydrogen-bond acceptors (Lipinski definition) is 2. The number of carbonyl (C=O) groups excluding carboxylic acids is 1. The topological polar surface area (TPSA) is 55.1 Å². The average Bonchev–Trinajstić information content (AvgIpc) is 2.51. The van der Waals surface area contributed by atoms with Crippen LogP contribution in [0.1, 0.15) is 36.8 Å². The molecule has 3 N–H and O–H groups in total. The first-order chi connectivity index (χ1) is 10.7. The van der Waals surface area contributed by atoms with E-state index in [1.807, 2.05) is 42.5 Å². The van der Waals surface area contributed by atoms with Gasteiger partial charge in [0.05, 0.1) is 5.54 Å². The number of carbonyl (C=O) groups is 1. The van der Waals surface area contributed by atoms with Crippen LogP contribution in [0.3, 0.4) is 0 Å². The maximum absolute atomic E-state index is 12.4. The van der Waals surface area contributed by atoms with Gasteiger partial charge in [0.25, 0.3) is 0 Å². The molecular weight excluding hydrogens is 308 g/mol. The van der Waals surface area contributed by atoms with Gasteiger partial charge in [-0.15, -0.1) is 12.4 Å². The van der Waals surface area contributed by atoms with E-state index >= 15 is 0 Å². The predicted octanol–water partition coefficient (Wildman–Crippen LogP) is 3.82. The lowest BCUT2D eigenvalue weighted by molar-refractivity contribution is -0.124. The number of anilines is 1. The fourth-order valence-electron chi connectivity index (χ4n) is 3.11. The molecule has 0 aromatic heterocycles. The highest BCUT2D eigenvalue weighted by molar-refractivity contribution is 5.85. The number of nitrogens with two attached hydrogens (primary N) is 1. The molecule has 0 unspecified atom stereocenters. The first-order valence-electron chi connectivity index (χ1n) is 7.90. The largest absolute Gasteiger partial charge is 0.399 e. The van der Waals surface area contributed by atoms with Gasteiger partial charge in [-0.05, 0) is 42.9 Å². The zero-order valence-electron chi connectivity index (χ0n) is 13.1. The van der Waals surface area contributed by atoms with Crippen LogP contribution in [0.25, 0.3) is 0 Å². The van der Waals surface area contributed by atoms with Crippen molar-refractivity contribution in [3.63, 3.8) is 0 Å². The Morgan fingerprint density at radius 1 is 1.04 bits per heavy atom. The van der Waals surface area contributed by atoms with Gasteiger partial charge in [0.1, 0.15) is 0 Å². The normalized spacial score (nSPS) is 15.1. The third-order valence-electron chi connectivity index (χ3n) is 4.59. The zero-order chi connectivity index (χ0) is 15.4. The second-order valence-electron chi connectivity index (χ2n) is 6.05. The lowest BCUT2D eigenvalue weighted by Crippen LogP contribution is -2.50. The second kappa shape index (κ2) is 7.51. The number of nitrogen functional groups attached to an aromatic ring is 1. The maximum Gasteiger partial charge on any atom is 0.221 e. The number of para-hydroxylation sites is 1. The molecule has 122 valence electrons. The second-order valence-corrected chi connectivity index (χ2v) is 6.05. The van der Waals surface area contributed by atoms with E-state index in [4.69, 9.17) is 5.73 Å². The summed E-state index contributed by atoms with van der Waals surface area (Å²) in [5, 5.41) is 3.26. The van der Waals surface area contributed by atoms with Gasteiger partial charge in [0.2, 0.25) is 5.91 Å². The van der Waals surface area contributed by atoms with Crippen LogP contribution in [-0.4, -0.2) is 5.91 Å². The van der Waals surface area contributed by atoms with Crippen LogP contribution in [0.2, 0.25) is 0 Å². The maximum atomic E-state index is 12.4. The van der Waals surface area contributed by atoms with Crippen LogP contribution in [-0.2, 0) is 16.8 Å². The molecule has 0 atom stereocenters. The van der Waals surface area contributed by atoms with Crippen molar-refractivity contribution in [2.24, 2.45) is 0 Å². The first-order valence-corrected chi connectivity index (χ1v) is 7.90. The summed E-state index contributed by atoms with van der Waals surface area (Å²) in [5.74, 6) is 0.104. The molecular formula is C19H23ClN2O. The fourth-order valence-corrected chi connectivity index (χ4v) is 3.11. The Morgan fingerprint density at radius 2 is 1.70 bits per heavy atom. The van der Waals surface area contributed by atoms with Crippen molar-refractivity contribution in [1.29, 1.82) is 0 Å². The van der Waals surface area contributed by atoms with Crippen molar-refractivity contribution in [3.8, 4) is 0 Å². The highest BCUT2D eigenvalue weighted by atomic mass is 35.5. The SMILES string of the molecule is Cl.Nc1ccccc1CCC(=O)NC1(c2ccccc2)CCC1. The summed E-state index contributed by atoms with van der Waals surface area (Å²) in [7, 11) is 0. The summed E-state index contributed by atoms with van der Waals surface area (Å²) >= 11 is 0. The number of amides is 1. The molecule has 23 heavy (non-hydrogen) atoms. The van der Waals surface area contributed by atoms with E-state index in [0.717, 1.165) is 24.1 Å². The van der Waals surface area contributed by atoms with Crippen LogP contribution < -0.4 is 11.1 Å². The lowest BCUT2D eigenvalue weighted by atomic mass is 9.71. The van der Waals surface area contributed by atoms with Gasteiger partial charge in [0, 0.05) is 12.1 Å². The smallest absolute Gasteiger partial charge is 0.221 e. The Bertz CT molecular complexity index is 653. The molecule has 2 aromatic rings. The highest BCUT2D eigenvalue weighted by Crippen LogP contribution is 2.41. The lowest BCUT2D eigenvalue weighted by Gasteiger charge is -2.43. The van der Waals surface area contributed by atoms with Crippen LogP contribution in [0.15, 0.2) is 54.6 Å². The van der Waals surface area contributed by atoms with Crippen LogP contribution in [0.5, 0.6) is 0 Å². The molecule has 1 fully saturated rings. The minimum absolute atomic E-state index is 0. The number of nitrogens with one attached hydrogen (secondary N) is 1. The third kappa shape index (κ3) is 3.85. The third-order valence-corrected chi connectivity index (χ3v) is 4.59. The Labute approximate surface area is 143 Å². The summed E-state index contributed by atoms with van der Waals surface area (Å²) in [6.45, 7) is 0. The van der Waals surface area contributed by atoms with E-state index < -0.39 is 0 Å². The van der Waals surface area contributed by atoms with E-state index in [9.17, 15) is 4.79 Å². The average molecular weight is 331 g/mol. The molecule has 0 bridgehead atoms. The van der Waals surface area contributed by atoms with E-state index in [1.54, 1.807) is 0 Å². The molecule has 2 aromatic carbocycles. The summed E-state index contributed by atoms with van der Waals surface area (Å²) in [6, 6.07) is 18.0. The summed E-state index contributed by atoms with van der Waals surface area (Å²) in [4.78, 5) is 12.4. The quantitative estimate of drug-likeness (QED) is 0.819. The number of hydrogen-bond donors (Lipinski definition) is 2. The van der Waals surface area contributed by atoms with Crippen LogP contribution >= 0.6 is 12.4 Å². The van der Waals surface area contributed by atoms with Gasteiger partial charge >= 0.3 is 0 Å². The van der Waals surface area contributed by atoms with Gasteiger partial charge in [-0.2, -0.15) is 0 Å². The molecule has 0 spiro atoms. The molecule has 1 saturated carbocycles. The van der Waals surface area contributed by atoms with Crippen molar-refractivity contribution in [3.05, 3.63) is 65.7 Å². The molecule has 0 radical (unpaired) electrons. The van der Waals surface area contributed by atoms with Crippen LogP contribution in [0.4, 0.5) is 5.69 Å². The van der Waals surface area contributed by atoms with Gasteiger partial charge in [-0.3, -0.25) is 4.79 Å². The van der Waals surface area contributed by atoms with Crippen molar-refractivity contribution in [2.45, 2.75) is 37.6 Å². The number of rotatable bonds is 5. The van der Waals surface area contributed by atoms with E-state index in [0.29, 0.717) is 12.8 Å². The highest BCUT2D eigenvalue weighted by Gasteiger charge is 2.39. The van der Waals surface area contributed by atoms with E-state index in [1.165, 1.54) is 12.0 Å². The van der Waals surface area contributed by atoms with E-state index in [-0.39, 0.29) is 23.9 Å². The molecule has 0 saturated heterocycles. The summed E-state index contributed by atoms with van der Waals surface area (Å²) < 4.78 is 0. The number of aryl methyl sites for hydroxylation is 1. The summed E-state index contributed by atoms with van der Waals surface area (Å²) in [5.41, 5.74) is 8.80. The molecule has 1 amide bonds. The number of halogens is 1.